The number of primary amides is 1. The molecule has 0 aromatic carbocycles. The van der Waals surface area contributed by atoms with Crippen molar-refractivity contribution < 1.29 is 4.79 Å². The summed E-state index contributed by atoms with van der Waals surface area (Å²) in [5.41, 5.74) is 11.2. The van der Waals surface area contributed by atoms with Gasteiger partial charge in [-0.1, -0.05) is 25.4 Å². The molecule has 0 unspecified atom stereocenters. The number of nitrogens with two attached hydrogens (primary N) is 2. The molecule has 17 heavy (non-hydrogen) atoms. The molecule has 96 valence electrons. The topological polar surface area (TPSA) is 98.1 Å². The molecule has 0 aliphatic heterocycles. The number of hydrogen-bond donors (Lipinski definition) is 2. The van der Waals surface area contributed by atoms with Crippen LogP contribution in [0, 0.1) is 0 Å². The fraction of sp³-hybridized carbons (Fsp3) is 0.500. The van der Waals surface area contributed by atoms with Crippen LogP contribution < -0.4 is 11.5 Å². The number of carbonyl (C=O) groups excluding carboxylic acids is 1. The molecular weight excluding hydrogens is 242 g/mol. The van der Waals surface area contributed by atoms with Crippen LogP contribution in [0.2, 0.25) is 5.15 Å². The molecule has 0 bridgehead atoms. The Kier molecular flexibility index (Phi) is 6.97. The largest absolute Gasteiger partial charge is 0.382 e. The first-order valence-electron chi connectivity index (χ1n) is 5.36. The van der Waals surface area contributed by atoms with Crippen LogP contribution >= 0.6 is 11.6 Å². The van der Waals surface area contributed by atoms with Crippen LogP contribution in [0.25, 0.3) is 0 Å². The predicted octanol–water partition coefficient (Wildman–Crippen LogP) is 1.64. The van der Waals surface area contributed by atoms with Crippen molar-refractivity contribution in [1.29, 1.82) is 0 Å². The molecule has 1 aromatic heterocycles. The molecule has 7 heteroatoms. The Morgan fingerprint density at radius 2 is 2.06 bits per heavy atom. The number of rotatable bonds is 3. The molecule has 4 N–H and O–H groups in total. The SMILES string of the molecule is CC.CCN(Cc1cc(N)nnc1Cl)C(N)=O. The summed E-state index contributed by atoms with van der Waals surface area (Å²) >= 11 is 5.79. The van der Waals surface area contributed by atoms with Gasteiger partial charge >= 0.3 is 6.03 Å². The van der Waals surface area contributed by atoms with E-state index in [1.165, 1.54) is 4.90 Å². The Hall–Kier alpha value is -1.56. The maximum atomic E-state index is 11.0. The summed E-state index contributed by atoms with van der Waals surface area (Å²) < 4.78 is 0. The fourth-order valence-corrected chi connectivity index (χ4v) is 1.25. The predicted molar refractivity (Wildman–Crippen MR) is 68.5 cm³/mol. The van der Waals surface area contributed by atoms with E-state index in [1.54, 1.807) is 6.07 Å². The molecule has 2 amide bonds. The van der Waals surface area contributed by atoms with Crippen LogP contribution in [0.3, 0.4) is 0 Å². The van der Waals surface area contributed by atoms with Crippen molar-refractivity contribution in [2.24, 2.45) is 5.73 Å². The highest BCUT2D eigenvalue weighted by molar-refractivity contribution is 6.30. The second-order valence-corrected chi connectivity index (χ2v) is 3.30. The lowest BCUT2D eigenvalue weighted by Gasteiger charge is -2.18. The van der Waals surface area contributed by atoms with Crippen molar-refractivity contribution >= 4 is 23.4 Å². The lowest BCUT2D eigenvalue weighted by atomic mass is 10.3. The van der Waals surface area contributed by atoms with Crippen molar-refractivity contribution in [2.45, 2.75) is 27.3 Å². The second-order valence-electron chi connectivity index (χ2n) is 2.94. The van der Waals surface area contributed by atoms with E-state index in [0.717, 1.165) is 0 Å². The van der Waals surface area contributed by atoms with Crippen LogP contribution in [-0.2, 0) is 6.54 Å². The van der Waals surface area contributed by atoms with Gasteiger partial charge in [-0.15, -0.1) is 10.2 Å². The molecule has 1 aromatic rings. The van der Waals surface area contributed by atoms with Crippen molar-refractivity contribution in [1.82, 2.24) is 15.1 Å². The molecule has 0 fully saturated rings. The van der Waals surface area contributed by atoms with E-state index in [4.69, 9.17) is 23.1 Å². The molecule has 1 heterocycles. The number of aromatic nitrogens is 2. The zero-order valence-electron chi connectivity index (χ0n) is 10.3. The van der Waals surface area contributed by atoms with E-state index in [-0.39, 0.29) is 17.5 Å². The third kappa shape index (κ3) is 4.86. The molecule has 0 saturated heterocycles. The standard InChI is InChI=1S/C8H12ClN5O.C2H6/c1-2-14(8(11)15)4-5-3-6(10)12-13-7(5)9;1-2/h3H,2,4H2,1H3,(H2,10,12)(H2,11,15);1-2H3. The molecule has 0 atom stereocenters. The van der Waals surface area contributed by atoms with E-state index < -0.39 is 6.03 Å². The van der Waals surface area contributed by atoms with Crippen LogP contribution in [0.1, 0.15) is 26.3 Å². The van der Waals surface area contributed by atoms with E-state index in [9.17, 15) is 4.79 Å². The smallest absolute Gasteiger partial charge is 0.315 e. The molecule has 0 saturated carbocycles. The van der Waals surface area contributed by atoms with Crippen LogP contribution in [0.4, 0.5) is 10.6 Å². The maximum absolute atomic E-state index is 11.0. The van der Waals surface area contributed by atoms with Gasteiger partial charge in [-0.05, 0) is 13.0 Å². The van der Waals surface area contributed by atoms with Crippen molar-refractivity contribution in [3.05, 3.63) is 16.8 Å². The van der Waals surface area contributed by atoms with E-state index in [1.807, 2.05) is 20.8 Å². The van der Waals surface area contributed by atoms with Gasteiger partial charge in [0, 0.05) is 12.1 Å². The van der Waals surface area contributed by atoms with Gasteiger partial charge in [-0.3, -0.25) is 0 Å². The second kappa shape index (κ2) is 7.67. The number of nitrogen functional groups attached to an aromatic ring is 1. The van der Waals surface area contributed by atoms with Gasteiger partial charge in [0.1, 0.15) is 5.82 Å². The highest BCUT2D eigenvalue weighted by Crippen LogP contribution is 2.15. The fourth-order valence-electron chi connectivity index (χ4n) is 1.09. The number of anilines is 1. The number of carbonyl (C=O) groups is 1. The normalized spacial score (nSPS) is 9.18. The molecule has 0 radical (unpaired) electrons. The highest BCUT2D eigenvalue weighted by atomic mass is 35.5. The summed E-state index contributed by atoms with van der Waals surface area (Å²) in [6, 6.07) is 1.06. The summed E-state index contributed by atoms with van der Waals surface area (Å²) in [7, 11) is 0. The maximum Gasteiger partial charge on any atom is 0.315 e. The zero-order chi connectivity index (χ0) is 13.4. The Balaban J connectivity index is 0.00000121. The van der Waals surface area contributed by atoms with Crippen molar-refractivity contribution in [2.75, 3.05) is 12.3 Å². The summed E-state index contributed by atoms with van der Waals surface area (Å²) in [5, 5.41) is 7.44. The Morgan fingerprint density at radius 3 is 2.53 bits per heavy atom. The van der Waals surface area contributed by atoms with Crippen LogP contribution in [-0.4, -0.2) is 27.7 Å². The first-order valence-corrected chi connectivity index (χ1v) is 5.74. The number of urea groups is 1. The summed E-state index contributed by atoms with van der Waals surface area (Å²) in [4.78, 5) is 12.4. The average Bonchev–Trinajstić information content (AvgIpc) is 2.32. The first-order chi connectivity index (χ1) is 8.04. The third-order valence-electron chi connectivity index (χ3n) is 1.89. The van der Waals surface area contributed by atoms with Gasteiger partial charge in [0.2, 0.25) is 0 Å². The lowest BCUT2D eigenvalue weighted by Crippen LogP contribution is -2.35. The van der Waals surface area contributed by atoms with Crippen LogP contribution in [0.15, 0.2) is 6.07 Å². The zero-order valence-corrected chi connectivity index (χ0v) is 11.0. The van der Waals surface area contributed by atoms with Crippen LogP contribution in [0.5, 0.6) is 0 Å². The number of amides is 2. The quantitative estimate of drug-likeness (QED) is 0.862. The van der Waals surface area contributed by atoms with Crippen molar-refractivity contribution in [3.8, 4) is 0 Å². The lowest BCUT2D eigenvalue weighted by molar-refractivity contribution is 0.208. The van der Waals surface area contributed by atoms with Gasteiger partial charge in [0.05, 0.1) is 6.54 Å². The first kappa shape index (κ1) is 15.4. The summed E-state index contributed by atoms with van der Waals surface area (Å²) in [5.74, 6) is 0.259. The average molecular weight is 260 g/mol. The molecule has 6 nitrogen and oxygen atoms in total. The molecule has 0 aliphatic carbocycles. The minimum absolute atomic E-state index is 0.226. The van der Waals surface area contributed by atoms with Gasteiger partial charge in [-0.2, -0.15) is 0 Å². The highest BCUT2D eigenvalue weighted by Gasteiger charge is 2.11. The monoisotopic (exact) mass is 259 g/mol. The number of nitrogens with zero attached hydrogens (tertiary/aromatic N) is 3. The third-order valence-corrected chi connectivity index (χ3v) is 2.21. The number of halogens is 1. The Labute approximate surface area is 106 Å². The number of hydrogen-bond acceptors (Lipinski definition) is 4. The molecular formula is C10H18ClN5O. The van der Waals surface area contributed by atoms with E-state index >= 15 is 0 Å². The van der Waals surface area contributed by atoms with Gasteiger partial charge < -0.3 is 16.4 Å². The van der Waals surface area contributed by atoms with E-state index in [2.05, 4.69) is 10.2 Å². The van der Waals surface area contributed by atoms with Gasteiger partial charge in [0.15, 0.2) is 5.15 Å². The minimum Gasteiger partial charge on any atom is -0.382 e. The summed E-state index contributed by atoms with van der Waals surface area (Å²) in [6.45, 7) is 6.59. The van der Waals surface area contributed by atoms with Gasteiger partial charge in [0.25, 0.3) is 0 Å². The molecule has 1 rings (SSSR count). The van der Waals surface area contributed by atoms with Gasteiger partial charge in [-0.25, -0.2) is 4.79 Å². The summed E-state index contributed by atoms with van der Waals surface area (Å²) in [6.07, 6.45) is 0. The Morgan fingerprint density at radius 1 is 1.47 bits per heavy atom. The minimum atomic E-state index is -0.510. The molecule has 0 spiro atoms. The Bertz CT molecular complexity index is 372. The molecule has 0 aliphatic rings. The van der Waals surface area contributed by atoms with E-state index in [0.29, 0.717) is 12.1 Å². The van der Waals surface area contributed by atoms with Crippen molar-refractivity contribution in [3.63, 3.8) is 0 Å².